The highest BCUT2D eigenvalue weighted by Gasteiger charge is 2.46. The minimum Gasteiger partial charge on any atom is -0.388 e. The molecular formula is C17H26N6O14P2. The van der Waals surface area contributed by atoms with Crippen molar-refractivity contribution < 1.29 is 67.0 Å². The molecule has 3 rings (SSSR count). The van der Waals surface area contributed by atoms with E-state index >= 15 is 0 Å². The Labute approximate surface area is 218 Å². The maximum atomic E-state index is 12.2. The molecule has 3 heterocycles. The molecule has 0 aliphatic carbocycles. The number of nitrogens with one attached hydrogen (secondary N) is 1. The molecular weight excluding hydrogens is 574 g/mol. The molecule has 9 atom stereocenters. The number of nitrogens with two attached hydrogens (primary N) is 1. The number of ether oxygens (including phenoxy) is 1. The number of aliphatic hydroxyl groups excluding tert-OH is 4. The molecule has 0 spiro atoms. The molecule has 1 amide bonds. The third kappa shape index (κ3) is 7.60. The van der Waals surface area contributed by atoms with Gasteiger partial charge in [-0.1, -0.05) is 0 Å². The summed E-state index contributed by atoms with van der Waals surface area (Å²) in [6.45, 7) is -1.06. The molecule has 1 saturated heterocycles. The van der Waals surface area contributed by atoms with Crippen LogP contribution in [0.5, 0.6) is 0 Å². The van der Waals surface area contributed by atoms with Gasteiger partial charge < -0.3 is 50.8 Å². The lowest BCUT2D eigenvalue weighted by Gasteiger charge is -2.26. The van der Waals surface area contributed by atoms with Gasteiger partial charge >= 0.3 is 15.6 Å². The first kappa shape index (κ1) is 31.1. The number of anilines is 1. The van der Waals surface area contributed by atoms with E-state index in [0.717, 1.165) is 13.3 Å². The first-order valence-corrected chi connectivity index (χ1v) is 13.8. The van der Waals surface area contributed by atoms with E-state index in [2.05, 4.69) is 28.3 Å². The number of aliphatic hydroxyl groups is 4. The fourth-order valence-electron chi connectivity index (χ4n) is 3.50. The van der Waals surface area contributed by atoms with Crippen LogP contribution >= 0.6 is 15.6 Å². The number of rotatable bonds is 13. The number of nitrogen functional groups attached to an aromatic ring is 1. The van der Waals surface area contributed by atoms with Gasteiger partial charge in [-0.05, 0) is 0 Å². The summed E-state index contributed by atoms with van der Waals surface area (Å²) in [6.07, 6.45) is -7.54. The molecule has 218 valence electrons. The van der Waals surface area contributed by atoms with Gasteiger partial charge in [0, 0.05) is 6.92 Å². The zero-order valence-corrected chi connectivity index (χ0v) is 21.7. The lowest BCUT2D eigenvalue weighted by atomic mass is 10.1. The zero-order valence-electron chi connectivity index (χ0n) is 19.9. The van der Waals surface area contributed by atoms with E-state index in [9.17, 15) is 48.9 Å². The molecule has 1 aliphatic rings. The molecule has 1 aliphatic heterocycles. The monoisotopic (exact) mass is 600 g/mol. The number of aldehydes is 1. The Balaban J connectivity index is 1.58. The van der Waals surface area contributed by atoms with Crippen molar-refractivity contribution in [2.75, 3.05) is 18.9 Å². The second-order valence-electron chi connectivity index (χ2n) is 8.16. The van der Waals surface area contributed by atoms with Crippen molar-refractivity contribution in [1.29, 1.82) is 0 Å². The van der Waals surface area contributed by atoms with E-state index in [1.807, 2.05) is 5.32 Å². The Hall–Kier alpha value is -2.45. The van der Waals surface area contributed by atoms with Crippen LogP contribution in [0.1, 0.15) is 13.2 Å². The second-order valence-corrected chi connectivity index (χ2v) is 11.2. The molecule has 0 aromatic carbocycles. The first-order valence-electron chi connectivity index (χ1n) is 10.8. The van der Waals surface area contributed by atoms with Crippen LogP contribution < -0.4 is 11.1 Å². The van der Waals surface area contributed by atoms with Crippen LogP contribution in [0.2, 0.25) is 0 Å². The highest BCUT2D eigenvalue weighted by Crippen LogP contribution is 2.60. The van der Waals surface area contributed by atoms with Crippen LogP contribution in [-0.2, 0) is 36.8 Å². The Bertz CT molecular complexity index is 1280. The number of fused-ring (bicyclic) bond motifs is 1. The van der Waals surface area contributed by atoms with E-state index < -0.39 is 77.6 Å². The summed E-state index contributed by atoms with van der Waals surface area (Å²) in [7, 11) is -10.8. The highest BCUT2D eigenvalue weighted by atomic mass is 31.3. The summed E-state index contributed by atoms with van der Waals surface area (Å²) in [6, 6.07) is -1.65. The van der Waals surface area contributed by atoms with Gasteiger partial charge in [-0.15, -0.1) is 0 Å². The fourth-order valence-corrected chi connectivity index (χ4v) is 5.60. The number of amides is 1. The van der Waals surface area contributed by atoms with Gasteiger partial charge in [0.2, 0.25) is 5.91 Å². The molecule has 9 N–H and O–H groups in total. The molecule has 2 aromatic heterocycles. The SMILES string of the molecule is CC(=O)N[C@H]([C@H](O)COP(=O)(O)OP(=O)(O)OC[C@H]1O[C@@H](n2cnc3c(N)ncnc32)[C@H](O)[C@@H]1O)[C@@H](O)C=O. The lowest BCUT2D eigenvalue weighted by molar-refractivity contribution is -0.125. The topological polar surface area (TPSA) is 308 Å². The van der Waals surface area contributed by atoms with Gasteiger partial charge in [0.05, 0.1) is 25.6 Å². The molecule has 1 fully saturated rings. The number of carbonyl (C=O) groups excluding carboxylic acids is 2. The van der Waals surface area contributed by atoms with Crippen molar-refractivity contribution in [2.24, 2.45) is 0 Å². The predicted molar refractivity (Wildman–Crippen MR) is 124 cm³/mol. The van der Waals surface area contributed by atoms with Crippen LogP contribution in [-0.4, -0.2) is 112 Å². The Morgan fingerprint density at radius 2 is 1.87 bits per heavy atom. The maximum Gasteiger partial charge on any atom is 0.481 e. The minimum atomic E-state index is -5.42. The Morgan fingerprint density at radius 3 is 2.51 bits per heavy atom. The van der Waals surface area contributed by atoms with Crippen molar-refractivity contribution in [3.63, 3.8) is 0 Å². The normalized spacial score (nSPS) is 26.8. The van der Waals surface area contributed by atoms with E-state index in [0.29, 0.717) is 0 Å². The van der Waals surface area contributed by atoms with Crippen molar-refractivity contribution >= 4 is 44.8 Å². The van der Waals surface area contributed by atoms with Crippen molar-refractivity contribution in [3.05, 3.63) is 12.7 Å². The highest BCUT2D eigenvalue weighted by molar-refractivity contribution is 7.61. The van der Waals surface area contributed by atoms with Crippen LogP contribution in [0, 0.1) is 0 Å². The summed E-state index contributed by atoms with van der Waals surface area (Å²) >= 11 is 0. The quantitative estimate of drug-likeness (QED) is 0.0824. The summed E-state index contributed by atoms with van der Waals surface area (Å²) in [5.41, 5.74) is 6.05. The van der Waals surface area contributed by atoms with E-state index in [1.165, 1.54) is 10.9 Å². The molecule has 2 unspecified atom stereocenters. The molecule has 2 aromatic rings. The third-order valence-corrected chi connectivity index (χ3v) is 7.91. The van der Waals surface area contributed by atoms with Gasteiger partial charge in [-0.3, -0.25) is 18.4 Å². The van der Waals surface area contributed by atoms with Gasteiger partial charge in [0.15, 0.2) is 24.0 Å². The molecule has 39 heavy (non-hydrogen) atoms. The number of aromatic nitrogens is 4. The molecule has 0 bridgehead atoms. The van der Waals surface area contributed by atoms with Gasteiger partial charge in [0.25, 0.3) is 0 Å². The summed E-state index contributed by atoms with van der Waals surface area (Å²) in [4.78, 5) is 53.3. The van der Waals surface area contributed by atoms with E-state index in [-0.39, 0.29) is 23.3 Å². The van der Waals surface area contributed by atoms with Crippen LogP contribution in [0.25, 0.3) is 11.2 Å². The minimum absolute atomic E-state index is 0.0197. The number of imidazole rings is 1. The first-order chi connectivity index (χ1) is 18.2. The maximum absolute atomic E-state index is 12.2. The number of hydrogen-bond donors (Lipinski definition) is 8. The van der Waals surface area contributed by atoms with Gasteiger partial charge in [-0.2, -0.15) is 4.31 Å². The van der Waals surface area contributed by atoms with E-state index in [4.69, 9.17) is 10.5 Å². The number of phosphoric ester groups is 2. The van der Waals surface area contributed by atoms with Crippen LogP contribution in [0.4, 0.5) is 5.82 Å². The van der Waals surface area contributed by atoms with E-state index in [1.54, 1.807) is 0 Å². The summed E-state index contributed by atoms with van der Waals surface area (Å²) in [5, 5.41) is 42.3. The van der Waals surface area contributed by atoms with Crippen molar-refractivity contribution in [1.82, 2.24) is 24.8 Å². The Morgan fingerprint density at radius 1 is 1.21 bits per heavy atom. The number of phosphoric acid groups is 2. The smallest absolute Gasteiger partial charge is 0.388 e. The standard InChI is InChI=1S/C17H26N6O14P2/c1-7(25)22-11(8(26)2-24)9(27)3-34-38(30,31)37-39(32,33)35-4-10-13(28)14(29)17(36-10)23-6-21-12-15(18)19-5-20-16(12)23/h2,5-6,8-11,13-14,17,26-29H,3-4H2,1H3,(H,22,25)(H,30,31)(H,32,33)(H2,18,19,20)/t8-,9+,10+,11-,13+,14+,17+/m0/s1. The second kappa shape index (κ2) is 12.4. The Kier molecular flexibility index (Phi) is 9.87. The number of hydrogen-bond acceptors (Lipinski definition) is 16. The average Bonchev–Trinajstić information content (AvgIpc) is 3.40. The third-order valence-electron chi connectivity index (χ3n) is 5.31. The molecule has 0 radical (unpaired) electrons. The van der Waals surface area contributed by atoms with Crippen LogP contribution in [0.3, 0.4) is 0 Å². The molecule has 22 heteroatoms. The lowest BCUT2D eigenvalue weighted by Crippen LogP contribution is -2.52. The molecule has 20 nitrogen and oxygen atoms in total. The fraction of sp³-hybridized carbons (Fsp3) is 0.588. The van der Waals surface area contributed by atoms with Gasteiger partial charge in [0.1, 0.15) is 42.4 Å². The predicted octanol–water partition coefficient (Wildman–Crippen LogP) is -3.30. The van der Waals surface area contributed by atoms with Crippen molar-refractivity contribution in [2.45, 2.75) is 49.7 Å². The van der Waals surface area contributed by atoms with Crippen molar-refractivity contribution in [3.8, 4) is 0 Å². The largest absolute Gasteiger partial charge is 0.481 e. The zero-order chi connectivity index (χ0) is 29.1. The molecule has 0 saturated carbocycles. The number of carbonyl (C=O) groups is 2. The number of nitrogens with zero attached hydrogens (tertiary/aromatic N) is 4. The average molecular weight is 600 g/mol. The van der Waals surface area contributed by atoms with Gasteiger partial charge in [-0.25, -0.2) is 24.1 Å². The summed E-state index contributed by atoms with van der Waals surface area (Å²) < 4.78 is 44.2. The summed E-state index contributed by atoms with van der Waals surface area (Å²) in [5.74, 6) is -0.724. The van der Waals surface area contributed by atoms with Crippen LogP contribution in [0.15, 0.2) is 12.7 Å².